The van der Waals surface area contributed by atoms with Gasteiger partial charge in [0.2, 0.25) is 5.90 Å². The molecule has 8 nitrogen and oxygen atoms in total. The van der Waals surface area contributed by atoms with E-state index in [9.17, 15) is 14.9 Å². The summed E-state index contributed by atoms with van der Waals surface area (Å²) in [5.74, 6) is 0.327. The lowest BCUT2D eigenvalue weighted by molar-refractivity contribution is -0.384. The molecule has 2 aromatic carbocycles. The Kier molecular flexibility index (Phi) is 6.73. The summed E-state index contributed by atoms with van der Waals surface area (Å²) in [7, 11) is 1.51. The third-order valence-corrected chi connectivity index (χ3v) is 5.03. The van der Waals surface area contributed by atoms with Crippen molar-refractivity contribution >= 4 is 57.8 Å². The number of halogens is 2. The maximum atomic E-state index is 12.3. The molecule has 0 unspecified atom stereocenters. The van der Waals surface area contributed by atoms with Crippen LogP contribution in [0, 0.1) is 13.7 Å². The van der Waals surface area contributed by atoms with Crippen molar-refractivity contribution in [3.8, 4) is 11.5 Å². The highest BCUT2D eigenvalue weighted by Gasteiger charge is 2.26. The first kappa shape index (κ1) is 21.8. The highest BCUT2D eigenvalue weighted by Crippen LogP contribution is 2.35. The molecule has 0 amide bonds. The van der Waals surface area contributed by atoms with Crippen LogP contribution in [0.3, 0.4) is 0 Å². The van der Waals surface area contributed by atoms with E-state index in [1.54, 1.807) is 18.2 Å². The number of carbonyl (C=O) groups excluding carboxylic acids is 1. The summed E-state index contributed by atoms with van der Waals surface area (Å²) in [5, 5.41) is 11.1. The molecule has 0 radical (unpaired) electrons. The van der Waals surface area contributed by atoms with E-state index in [-0.39, 0.29) is 27.9 Å². The zero-order chi connectivity index (χ0) is 21.8. The third-order valence-electron chi connectivity index (χ3n) is 3.91. The first-order valence-corrected chi connectivity index (χ1v) is 9.87. The van der Waals surface area contributed by atoms with Crippen LogP contribution in [0.1, 0.15) is 11.1 Å². The molecule has 0 N–H and O–H groups in total. The molecule has 154 valence electrons. The maximum Gasteiger partial charge on any atom is 0.363 e. The number of benzene rings is 2. The predicted octanol–water partition coefficient (Wildman–Crippen LogP) is 4.77. The number of rotatable bonds is 7. The van der Waals surface area contributed by atoms with Crippen molar-refractivity contribution in [2.75, 3.05) is 13.7 Å². The summed E-state index contributed by atoms with van der Waals surface area (Å²) in [6.07, 6.45) is 3.15. The lowest BCUT2D eigenvalue weighted by Gasteiger charge is -2.12. The molecule has 0 aromatic heterocycles. The van der Waals surface area contributed by atoms with Gasteiger partial charge in [-0.3, -0.25) is 10.1 Å². The molecule has 0 aliphatic carbocycles. The van der Waals surface area contributed by atoms with E-state index in [0.29, 0.717) is 23.7 Å². The minimum absolute atomic E-state index is 0.0233. The van der Waals surface area contributed by atoms with Crippen molar-refractivity contribution in [1.82, 2.24) is 0 Å². The lowest BCUT2D eigenvalue weighted by Crippen LogP contribution is -2.06. The van der Waals surface area contributed by atoms with Gasteiger partial charge in [0.15, 0.2) is 17.2 Å². The number of nitrogens with zero attached hydrogens (tertiary/aromatic N) is 2. The molecule has 1 heterocycles. The second kappa shape index (κ2) is 9.26. The van der Waals surface area contributed by atoms with Gasteiger partial charge in [-0.1, -0.05) is 24.3 Å². The van der Waals surface area contributed by atoms with Crippen molar-refractivity contribution in [3.05, 3.63) is 78.5 Å². The average Bonchev–Trinajstić information content (AvgIpc) is 3.07. The maximum absolute atomic E-state index is 12.3. The number of carbonyl (C=O) groups is 1. The van der Waals surface area contributed by atoms with Crippen LogP contribution in [0.4, 0.5) is 5.69 Å². The Morgan fingerprint density at radius 1 is 1.37 bits per heavy atom. The Hall–Kier alpha value is -2.92. The second-order valence-electron chi connectivity index (χ2n) is 5.89. The van der Waals surface area contributed by atoms with E-state index >= 15 is 0 Å². The predicted molar refractivity (Wildman–Crippen MR) is 120 cm³/mol. The monoisotopic (exact) mass is 540 g/mol. The Morgan fingerprint density at radius 3 is 2.80 bits per heavy atom. The first-order valence-electron chi connectivity index (χ1n) is 8.42. The van der Waals surface area contributed by atoms with Gasteiger partial charge < -0.3 is 14.2 Å². The fraction of sp³-hybridized carbons (Fsp3) is 0.100. The van der Waals surface area contributed by atoms with Gasteiger partial charge >= 0.3 is 5.97 Å². The molecule has 2 aromatic rings. The number of ether oxygens (including phenoxy) is 3. The molecule has 0 spiro atoms. The zero-order valence-corrected chi connectivity index (χ0v) is 18.5. The van der Waals surface area contributed by atoms with Gasteiger partial charge in [-0.15, -0.1) is 0 Å². The standard InChI is InChI=1S/C20H14ClIN2O6/c1-3-6-29-18-14(22)7-11(9-17(18)28-2)8-15-20(25)30-19(23-15)12-4-5-13(21)16(10-12)24(26)27/h3-5,7-10H,1,6H2,2H3/b15-8-. The number of hydrogen-bond donors (Lipinski definition) is 0. The molecule has 0 saturated carbocycles. The first-order chi connectivity index (χ1) is 14.3. The number of nitro groups is 1. The smallest absolute Gasteiger partial charge is 0.363 e. The molecule has 0 atom stereocenters. The van der Waals surface area contributed by atoms with E-state index in [0.717, 1.165) is 3.57 Å². The van der Waals surface area contributed by atoms with Crippen molar-refractivity contribution in [3.63, 3.8) is 0 Å². The minimum Gasteiger partial charge on any atom is -0.493 e. The Bertz CT molecular complexity index is 1110. The van der Waals surface area contributed by atoms with Crippen LogP contribution in [0.15, 0.2) is 53.7 Å². The van der Waals surface area contributed by atoms with Gasteiger partial charge in [-0.25, -0.2) is 9.79 Å². The highest BCUT2D eigenvalue weighted by molar-refractivity contribution is 14.1. The van der Waals surface area contributed by atoms with E-state index < -0.39 is 10.9 Å². The van der Waals surface area contributed by atoms with Crippen LogP contribution in [-0.2, 0) is 9.53 Å². The van der Waals surface area contributed by atoms with Gasteiger partial charge in [-0.05, 0) is 58.5 Å². The molecular formula is C20H14ClIN2O6. The number of aliphatic imine (C=N–C) groups is 1. The molecule has 0 saturated heterocycles. The third kappa shape index (κ3) is 4.62. The Labute approximate surface area is 190 Å². The van der Waals surface area contributed by atoms with Crippen molar-refractivity contribution in [1.29, 1.82) is 0 Å². The molecule has 1 aliphatic heterocycles. The number of nitro benzene ring substituents is 1. The number of methoxy groups -OCH3 is 1. The molecular weight excluding hydrogens is 527 g/mol. The Balaban J connectivity index is 1.96. The molecule has 0 bridgehead atoms. The van der Waals surface area contributed by atoms with Gasteiger partial charge in [0, 0.05) is 11.6 Å². The van der Waals surface area contributed by atoms with Gasteiger partial charge in [0.1, 0.15) is 11.6 Å². The summed E-state index contributed by atoms with van der Waals surface area (Å²) in [5.41, 5.74) is 0.643. The summed E-state index contributed by atoms with van der Waals surface area (Å²) in [6.45, 7) is 3.94. The van der Waals surface area contributed by atoms with E-state index in [1.807, 2.05) is 0 Å². The quantitative estimate of drug-likeness (QED) is 0.125. The van der Waals surface area contributed by atoms with Crippen molar-refractivity contribution < 1.29 is 23.9 Å². The van der Waals surface area contributed by atoms with Gasteiger partial charge in [0.05, 0.1) is 15.6 Å². The van der Waals surface area contributed by atoms with Crippen LogP contribution in [-0.4, -0.2) is 30.5 Å². The van der Waals surface area contributed by atoms with E-state index in [4.69, 9.17) is 25.8 Å². The van der Waals surface area contributed by atoms with Crippen molar-refractivity contribution in [2.24, 2.45) is 4.99 Å². The number of esters is 1. The molecule has 10 heteroatoms. The van der Waals surface area contributed by atoms with Crippen LogP contribution in [0.25, 0.3) is 6.08 Å². The fourth-order valence-electron chi connectivity index (χ4n) is 2.58. The molecule has 0 fully saturated rings. The highest BCUT2D eigenvalue weighted by atomic mass is 127. The molecule has 1 aliphatic rings. The number of cyclic esters (lactones) is 1. The summed E-state index contributed by atoms with van der Waals surface area (Å²) in [6, 6.07) is 7.53. The summed E-state index contributed by atoms with van der Waals surface area (Å²) < 4.78 is 16.9. The molecule has 30 heavy (non-hydrogen) atoms. The molecule has 3 rings (SSSR count). The fourth-order valence-corrected chi connectivity index (χ4v) is 3.55. The number of hydrogen-bond acceptors (Lipinski definition) is 7. The second-order valence-corrected chi connectivity index (χ2v) is 7.46. The zero-order valence-electron chi connectivity index (χ0n) is 15.6. The normalized spacial score (nSPS) is 14.3. The van der Waals surface area contributed by atoms with E-state index in [2.05, 4.69) is 34.2 Å². The SMILES string of the molecule is C=CCOc1c(I)cc(/C=C2\N=C(c3ccc(Cl)c([N+](=O)[O-])c3)OC2=O)cc1OC. The summed E-state index contributed by atoms with van der Waals surface area (Å²) in [4.78, 5) is 26.9. The van der Waals surface area contributed by atoms with Crippen LogP contribution < -0.4 is 9.47 Å². The van der Waals surface area contributed by atoms with Gasteiger partial charge in [0.25, 0.3) is 5.69 Å². The summed E-state index contributed by atoms with van der Waals surface area (Å²) >= 11 is 7.92. The van der Waals surface area contributed by atoms with Crippen LogP contribution >= 0.6 is 34.2 Å². The van der Waals surface area contributed by atoms with Crippen LogP contribution in [0.2, 0.25) is 5.02 Å². The lowest BCUT2D eigenvalue weighted by atomic mass is 10.1. The topological polar surface area (TPSA) is 100 Å². The van der Waals surface area contributed by atoms with E-state index in [1.165, 1.54) is 31.4 Å². The largest absolute Gasteiger partial charge is 0.493 e. The van der Waals surface area contributed by atoms with Crippen molar-refractivity contribution in [2.45, 2.75) is 0 Å². The minimum atomic E-state index is -0.677. The van der Waals surface area contributed by atoms with Gasteiger partial charge in [-0.2, -0.15) is 0 Å². The Morgan fingerprint density at radius 2 is 2.13 bits per heavy atom. The average molecular weight is 541 g/mol. The van der Waals surface area contributed by atoms with Crippen LogP contribution in [0.5, 0.6) is 11.5 Å².